The van der Waals surface area contributed by atoms with Crippen LogP contribution in [-0.2, 0) is 0 Å². The van der Waals surface area contributed by atoms with Crippen molar-refractivity contribution in [3.05, 3.63) is 46.9 Å². The Morgan fingerprint density at radius 1 is 0.750 bits per heavy atom. The number of phenols is 2. The lowest BCUT2D eigenvalue weighted by Gasteiger charge is -2.21. The SMILES string of the molecule is Oc1cc2c(cc1O)=CC1C=CC=CC1C=2. The minimum Gasteiger partial charge on any atom is -0.504 e. The molecule has 0 bridgehead atoms. The van der Waals surface area contributed by atoms with Gasteiger partial charge in [0, 0.05) is 11.8 Å². The third-order valence-corrected chi connectivity index (χ3v) is 3.15. The van der Waals surface area contributed by atoms with Gasteiger partial charge in [-0.3, -0.25) is 0 Å². The predicted molar refractivity (Wildman–Crippen MR) is 63.2 cm³/mol. The molecule has 1 aromatic rings. The van der Waals surface area contributed by atoms with Gasteiger partial charge in [0.05, 0.1) is 0 Å². The lowest BCUT2D eigenvalue weighted by atomic mass is 9.84. The Hall–Kier alpha value is -1.96. The molecule has 0 heterocycles. The van der Waals surface area contributed by atoms with Crippen molar-refractivity contribution in [1.82, 2.24) is 0 Å². The van der Waals surface area contributed by atoms with Crippen molar-refractivity contribution in [2.45, 2.75) is 0 Å². The molecule has 3 rings (SSSR count). The highest BCUT2D eigenvalue weighted by atomic mass is 16.3. The average Bonchev–Trinajstić information content (AvgIpc) is 2.28. The van der Waals surface area contributed by atoms with Crippen LogP contribution in [-0.4, -0.2) is 10.2 Å². The van der Waals surface area contributed by atoms with Crippen LogP contribution in [0.4, 0.5) is 0 Å². The number of aromatic hydroxyl groups is 2. The molecule has 16 heavy (non-hydrogen) atoms. The number of phenolic OH excluding ortho intramolecular Hbond substituents is 2. The predicted octanol–water partition coefficient (Wildman–Crippen LogP) is 1.03. The molecule has 0 radical (unpaired) electrons. The first kappa shape index (κ1) is 9.28. The molecule has 2 unspecified atom stereocenters. The van der Waals surface area contributed by atoms with E-state index in [1.165, 1.54) is 0 Å². The molecule has 2 N–H and O–H groups in total. The molecule has 2 aliphatic rings. The van der Waals surface area contributed by atoms with E-state index in [1.807, 2.05) is 12.2 Å². The zero-order valence-electron chi connectivity index (χ0n) is 8.67. The van der Waals surface area contributed by atoms with E-state index in [2.05, 4.69) is 24.3 Å². The Labute approximate surface area is 93.2 Å². The maximum atomic E-state index is 9.46. The standard InChI is InChI=1S/C14H12O2/c15-13-7-11-5-9-3-1-2-4-10(9)6-12(11)8-14(13)16/h1-10,15-16H. The van der Waals surface area contributed by atoms with Crippen LogP contribution in [0, 0.1) is 11.8 Å². The van der Waals surface area contributed by atoms with Crippen molar-refractivity contribution in [2.75, 3.05) is 0 Å². The zero-order valence-corrected chi connectivity index (χ0v) is 8.67. The Kier molecular flexibility index (Phi) is 1.90. The molecule has 2 atom stereocenters. The van der Waals surface area contributed by atoms with E-state index in [9.17, 15) is 10.2 Å². The van der Waals surface area contributed by atoms with Crippen LogP contribution in [0.3, 0.4) is 0 Å². The Balaban J connectivity index is 2.26. The number of hydrogen-bond acceptors (Lipinski definition) is 2. The quantitative estimate of drug-likeness (QED) is 0.631. The molecule has 1 aromatic carbocycles. The van der Waals surface area contributed by atoms with Crippen molar-refractivity contribution in [3.63, 3.8) is 0 Å². The summed E-state index contributed by atoms with van der Waals surface area (Å²) in [4.78, 5) is 0. The molecule has 0 aromatic heterocycles. The number of fused-ring (bicyclic) bond motifs is 2. The van der Waals surface area contributed by atoms with E-state index in [-0.39, 0.29) is 11.5 Å². The molecule has 80 valence electrons. The fourth-order valence-corrected chi connectivity index (χ4v) is 2.29. The molecule has 2 aliphatic carbocycles. The summed E-state index contributed by atoms with van der Waals surface area (Å²) in [7, 11) is 0. The molecule has 0 fully saturated rings. The molecule has 0 saturated heterocycles. The van der Waals surface area contributed by atoms with Crippen LogP contribution in [0.15, 0.2) is 36.4 Å². The van der Waals surface area contributed by atoms with Crippen molar-refractivity contribution < 1.29 is 10.2 Å². The molecular weight excluding hydrogens is 200 g/mol. The smallest absolute Gasteiger partial charge is 0.158 e. The fourth-order valence-electron chi connectivity index (χ4n) is 2.29. The van der Waals surface area contributed by atoms with E-state index < -0.39 is 0 Å². The first-order valence-electron chi connectivity index (χ1n) is 5.35. The maximum Gasteiger partial charge on any atom is 0.158 e. The van der Waals surface area contributed by atoms with Gasteiger partial charge in [0.1, 0.15) is 0 Å². The molecular formula is C14H12O2. The number of hydrogen-bond donors (Lipinski definition) is 2. The van der Waals surface area contributed by atoms with Gasteiger partial charge in [-0.2, -0.15) is 0 Å². The first-order valence-corrected chi connectivity index (χ1v) is 5.35. The van der Waals surface area contributed by atoms with Gasteiger partial charge in [0.25, 0.3) is 0 Å². The number of benzene rings is 1. The van der Waals surface area contributed by atoms with Gasteiger partial charge >= 0.3 is 0 Å². The van der Waals surface area contributed by atoms with E-state index >= 15 is 0 Å². The molecule has 0 amide bonds. The van der Waals surface area contributed by atoms with Gasteiger partial charge < -0.3 is 10.2 Å². The van der Waals surface area contributed by atoms with Crippen LogP contribution in [0.2, 0.25) is 0 Å². The summed E-state index contributed by atoms with van der Waals surface area (Å²) >= 11 is 0. The first-order chi connectivity index (χ1) is 7.74. The van der Waals surface area contributed by atoms with Crippen LogP contribution < -0.4 is 10.4 Å². The number of allylic oxidation sites excluding steroid dienone is 4. The highest BCUT2D eigenvalue weighted by molar-refractivity contribution is 5.53. The van der Waals surface area contributed by atoms with Gasteiger partial charge in [-0.1, -0.05) is 36.5 Å². The lowest BCUT2D eigenvalue weighted by Crippen LogP contribution is -2.32. The summed E-state index contributed by atoms with van der Waals surface area (Å²) in [5.41, 5.74) is 0. The summed E-state index contributed by atoms with van der Waals surface area (Å²) in [6.07, 6.45) is 12.6. The topological polar surface area (TPSA) is 40.5 Å². The zero-order chi connectivity index (χ0) is 11.1. The van der Waals surface area contributed by atoms with Crippen LogP contribution in [0.5, 0.6) is 11.5 Å². The van der Waals surface area contributed by atoms with Gasteiger partial charge in [-0.25, -0.2) is 0 Å². The Morgan fingerprint density at radius 3 is 1.62 bits per heavy atom. The van der Waals surface area contributed by atoms with Crippen LogP contribution in [0.25, 0.3) is 12.2 Å². The third kappa shape index (κ3) is 1.34. The summed E-state index contributed by atoms with van der Waals surface area (Å²) in [6, 6.07) is 3.23. The second-order valence-electron chi connectivity index (χ2n) is 4.23. The molecule has 2 nitrogen and oxygen atoms in total. The van der Waals surface area contributed by atoms with Crippen molar-refractivity contribution in [1.29, 1.82) is 0 Å². The van der Waals surface area contributed by atoms with E-state index in [4.69, 9.17) is 0 Å². The average molecular weight is 212 g/mol. The fraction of sp³-hybridized carbons (Fsp3) is 0.143. The molecule has 0 aliphatic heterocycles. The Bertz CT molecular complexity index is 553. The second kappa shape index (κ2) is 3.27. The van der Waals surface area contributed by atoms with Gasteiger partial charge in [-0.15, -0.1) is 0 Å². The minimum atomic E-state index is -0.0582. The van der Waals surface area contributed by atoms with Crippen LogP contribution >= 0.6 is 0 Å². The molecule has 2 heteroatoms. The van der Waals surface area contributed by atoms with E-state index in [0.29, 0.717) is 11.8 Å². The van der Waals surface area contributed by atoms with Crippen LogP contribution in [0.1, 0.15) is 0 Å². The minimum absolute atomic E-state index is 0.0582. The largest absolute Gasteiger partial charge is 0.504 e. The summed E-state index contributed by atoms with van der Waals surface area (Å²) < 4.78 is 0. The third-order valence-electron chi connectivity index (χ3n) is 3.15. The summed E-state index contributed by atoms with van der Waals surface area (Å²) in [6.45, 7) is 0. The van der Waals surface area contributed by atoms with Crippen molar-refractivity contribution in [3.8, 4) is 11.5 Å². The summed E-state index contributed by atoms with van der Waals surface area (Å²) in [5.74, 6) is 0.609. The Morgan fingerprint density at radius 2 is 1.19 bits per heavy atom. The van der Waals surface area contributed by atoms with E-state index in [0.717, 1.165) is 10.4 Å². The second-order valence-corrected chi connectivity index (χ2v) is 4.23. The van der Waals surface area contributed by atoms with E-state index in [1.54, 1.807) is 12.1 Å². The van der Waals surface area contributed by atoms with Crippen molar-refractivity contribution >= 4 is 12.2 Å². The van der Waals surface area contributed by atoms with Gasteiger partial charge in [0.2, 0.25) is 0 Å². The molecule has 0 spiro atoms. The monoisotopic (exact) mass is 212 g/mol. The van der Waals surface area contributed by atoms with Gasteiger partial charge in [0.15, 0.2) is 11.5 Å². The number of rotatable bonds is 0. The van der Waals surface area contributed by atoms with Gasteiger partial charge in [-0.05, 0) is 22.6 Å². The highest BCUT2D eigenvalue weighted by Crippen LogP contribution is 2.25. The maximum absolute atomic E-state index is 9.46. The normalized spacial score (nSPS) is 25.2. The summed E-state index contributed by atoms with van der Waals surface area (Å²) in [5, 5.41) is 20.9. The lowest BCUT2D eigenvalue weighted by molar-refractivity contribution is 0.402. The highest BCUT2D eigenvalue weighted by Gasteiger charge is 2.17. The van der Waals surface area contributed by atoms with Crippen molar-refractivity contribution in [2.24, 2.45) is 11.8 Å². The molecule has 0 saturated carbocycles.